The van der Waals surface area contributed by atoms with E-state index in [1.54, 1.807) is 24.3 Å². The average Bonchev–Trinajstić information content (AvgIpc) is 2.50. The molecule has 1 aromatic rings. The first kappa shape index (κ1) is 18.0. The van der Waals surface area contributed by atoms with E-state index in [0.717, 1.165) is 5.56 Å². The van der Waals surface area contributed by atoms with Crippen molar-refractivity contribution in [3.05, 3.63) is 35.9 Å². The lowest BCUT2D eigenvalue weighted by Gasteiger charge is -2.12. The highest BCUT2D eigenvalue weighted by molar-refractivity contribution is 5.88. The van der Waals surface area contributed by atoms with E-state index in [-0.39, 0.29) is 6.61 Å². The van der Waals surface area contributed by atoms with E-state index < -0.39 is 42.9 Å². The highest BCUT2D eigenvalue weighted by Crippen LogP contribution is 2.00. The molecule has 4 N–H and O–H groups in total. The normalized spacial score (nSPS) is 11.1. The number of nitrogens with one attached hydrogen (secondary N) is 2. The van der Waals surface area contributed by atoms with Gasteiger partial charge in [0.05, 0.1) is 6.42 Å². The fraction of sp³-hybridized carbons (Fsp3) is 0.286. The summed E-state index contributed by atoms with van der Waals surface area (Å²) < 4.78 is 4.85. The quantitative estimate of drug-likeness (QED) is 0.525. The SMILES string of the molecule is O=C(O)C[C@@H](NC(=O)CNC(=O)OCc1ccccc1)C(=O)O. The van der Waals surface area contributed by atoms with Crippen molar-refractivity contribution in [1.29, 1.82) is 0 Å². The van der Waals surface area contributed by atoms with Crippen molar-refractivity contribution in [2.24, 2.45) is 0 Å². The van der Waals surface area contributed by atoms with E-state index in [1.807, 2.05) is 11.4 Å². The molecule has 0 bridgehead atoms. The number of carbonyl (C=O) groups is 4. The van der Waals surface area contributed by atoms with Gasteiger partial charge in [0.1, 0.15) is 19.2 Å². The van der Waals surface area contributed by atoms with Crippen molar-refractivity contribution in [3.8, 4) is 0 Å². The van der Waals surface area contributed by atoms with Crippen LogP contribution in [-0.4, -0.2) is 46.7 Å². The molecule has 0 saturated heterocycles. The fourth-order valence-corrected chi connectivity index (χ4v) is 1.55. The first-order chi connectivity index (χ1) is 10.9. The molecule has 2 amide bonds. The molecule has 0 aliphatic carbocycles. The monoisotopic (exact) mass is 324 g/mol. The van der Waals surface area contributed by atoms with Crippen LogP contribution in [0.3, 0.4) is 0 Å². The summed E-state index contributed by atoms with van der Waals surface area (Å²) in [5, 5.41) is 21.4. The van der Waals surface area contributed by atoms with E-state index in [0.29, 0.717) is 0 Å². The molecule has 0 aromatic heterocycles. The lowest BCUT2D eigenvalue weighted by atomic mass is 10.2. The largest absolute Gasteiger partial charge is 0.481 e. The number of alkyl carbamates (subject to hydrolysis) is 1. The Hall–Kier alpha value is -3.10. The summed E-state index contributed by atoms with van der Waals surface area (Å²) in [7, 11) is 0. The standard InChI is InChI=1S/C14H16N2O7/c17-11(16-10(13(20)21)6-12(18)19)7-15-14(22)23-8-9-4-2-1-3-5-9/h1-5,10H,6-8H2,(H,15,22)(H,16,17)(H,18,19)(H,20,21)/t10-/m1/s1. The minimum absolute atomic E-state index is 0.0189. The zero-order valence-electron chi connectivity index (χ0n) is 12.0. The Kier molecular flexibility index (Phi) is 7.05. The van der Waals surface area contributed by atoms with Crippen LogP contribution in [0.2, 0.25) is 0 Å². The molecule has 1 atom stereocenters. The molecule has 0 fully saturated rings. The van der Waals surface area contributed by atoms with Crippen LogP contribution in [0.4, 0.5) is 4.79 Å². The van der Waals surface area contributed by atoms with Crippen LogP contribution in [0.1, 0.15) is 12.0 Å². The number of carbonyl (C=O) groups excluding carboxylic acids is 2. The van der Waals surface area contributed by atoms with Gasteiger partial charge in [0.25, 0.3) is 0 Å². The van der Waals surface area contributed by atoms with Gasteiger partial charge < -0.3 is 25.6 Å². The number of benzene rings is 1. The van der Waals surface area contributed by atoms with E-state index in [9.17, 15) is 19.2 Å². The molecule has 0 heterocycles. The molecular weight excluding hydrogens is 308 g/mol. The van der Waals surface area contributed by atoms with Crippen molar-refractivity contribution >= 4 is 23.9 Å². The highest BCUT2D eigenvalue weighted by atomic mass is 16.5. The molecule has 9 heteroatoms. The lowest BCUT2D eigenvalue weighted by molar-refractivity contribution is -0.147. The summed E-state index contributed by atoms with van der Waals surface area (Å²) in [6.07, 6.45) is -1.62. The number of amides is 2. The molecule has 1 aromatic carbocycles. The van der Waals surface area contributed by atoms with Crippen LogP contribution in [0.15, 0.2) is 30.3 Å². The smallest absolute Gasteiger partial charge is 0.407 e. The molecule has 0 aliphatic rings. The minimum atomic E-state index is -1.57. The third kappa shape index (κ3) is 7.46. The van der Waals surface area contributed by atoms with Crippen LogP contribution >= 0.6 is 0 Å². The summed E-state index contributed by atoms with van der Waals surface area (Å²) in [6, 6.07) is 7.30. The van der Waals surface area contributed by atoms with Crippen molar-refractivity contribution < 1.29 is 34.1 Å². The zero-order chi connectivity index (χ0) is 17.2. The number of hydrogen-bond acceptors (Lipinski definition) is 5. The summed E-state index contributed by atoms with van der Waals surface area (Å²) in [6.45, 7) is -0.512. The third-order valence-electron chi connectivity index (χ3n) is 2.62. The molecule has 0 spiro atoms. The molecule has 0 unspecified atom stereocenters. The van der Waals surface area contributed by atoms with Gasteiger partial charge in [-0.1, -0.05) is 30.3 Å². The maximum Gasteiger partial charge on any atom is 0.407 e. The maximum atomic E-state index is 11.5. The minimum Gasteiger partial charge on any atom is -0.481 e. The van der Waals surface area contributed by atoms with Crippen molar-refractivity contribution in [2.75, 3.05) is 6.54 Å². The predicted molar refractivity (Wildman–Crippen MR) is 76.4 cm³/mol. The second-order valence-corrected chi connectivity index (χ2v) is 4.47. The molecular formula is C14H16N2O7. The molecule has 0 saturated carbocycles. The van der Waals surface area contributed by atoms with E-state index in [4.69, 9.17) is 14.9 Å². The van der Waals surface area contributed by atoms with Gasteiger partial charge in [-0.25, -0.2) is 9.59 Å². The van der Waals surface area contributed by atoms with E-state index in [1.165, 1.54) is 0 Å². The number of hydrogen-bond donors (Lipinski definition) is 4. The number of ether oxygens (including phenoxy) is 1. The summed E-state index contributed by atoms with van der Waals surface area (Å²) in [5.74, 6) is -3.68. The van der Waals surface area contributed by atoms with Crippen LogP contribution in [0, 0.1) is 0 Å². The van der Waals surface area contributed by atoms with Crippen molar-refractivity contribution in [3.63, 3.8) is 0 Å². The van der Waals surface area contributed by atoms with Gasteiger partial charge in [-0.05, 0) is 5.56 Å². The van der Waals surface area contributed by atoms with Gasteiger partial charge in [0.15, 0.2) is 0 Å². The lowest BCUT2D eigenvalue weighted by Crippen LogP contribution is -2.46. The highest BCUT2D eigenvalue weighted by Gasteiger charge is 2.23. The first-order valence-corrected chi connectivity index (χ1v) is 6.57. The van der Waals surface area contributed by atoms with Gasteiger partial charge in [-0.15, -0.1) is 0 Å². The second-order valence-electron chi connectivity index (χ2n) is 4.47. The number of rotatable bonds is 8. The Labute approximate surface area is 131 Å². The molecule has 0 radical (unpaired) electrons. The number of aliphatic carboxylic acids is 2. The third-order valence-corrected chi connectivity index (χ3v) is 2.62. The summed E-state index contributed by atoms with van der Waals surface area (Å²) >= 11 is 0. The van der Waals surface area contributed by atoms with Crippen LogP contribution in [0.25, 0.3) is 0 Å². The Morgan fingerprint density at radius 3 is 2.30 bits per heavy atom. The topological polar surface area (TPSA) is 142 Å². The summed E-state index contributed by atoms with van der Waals surface area (Å²) in [4.78, 5) is 44.1. The predicted octanol–water partition coefficient (Wildman–Crippen LogP) is -0.0431. The maximum absolute atomic E-state index is 11.5. The van der Waals surface area contributed by atoms with Crippen molar-refractivity contribution in [2.45, 2.75) is 19.1 Å². The van der Waals surface area contributed by atoms with Gasteiger partial charge in [0, 0.05) is 0 Å². The molecule has 23 heavy (non-hydrogen) atoms. The van der Waals surface area contributed by atoms with Gasteiger partial charge >= 0.3 is 18.0 Å². The van der Waals surface area contributed by atoms with Crippen LogP contribution in [-0.2, 0) is 25.7 Å². The number of carboxylic acids is 2. The van der Waals surface area contributed by atoms with Gasteiger partial charge in [-0.2, -0.15) is 0 Å². The van der Waals surface area contributed by atoms with Gasteiger partial charge in [0.2, 0.25) is 5.91 Å². The Morgan fingerprint density at radius 2 is 1.74 bits per heavy atom. The Morgan fingerprint density at radius 1 is 1.09 bits per heavy atom. The Balaban J connectivity index is 2.32. The zero-order valence-corrected chi connectivity index (χ0v) is 12.0. The van der Waals surface area contributed by atoms with Crippen LogP contribution in [0.5, 0.6) is 0 Å². The average molecular weight is 324 g/mol. The van der Waals surface area contributed by atoms with E-state index in [2.05, 4.69) is 5.32 Å². The van der Waals surface area contributed by atoms with Crippen molar-refractivity contribution in [1.82, 2.24) is 10.6 Å². The van der Waals surface area contributed by atoms with Gasteiger partial charge in [-0.3, -0.25) is 9.59 Å². The van der Waals surface area contributed by atoms with E-state index >= 15 is 0 Å². The number of carboxylic acid groups (broad SMARTS) is 2. The fourth-order valence-electron chi connectivity index (χ4n) is 1.55. The molecule has 0 aliphatic heterocycles. The van der Waals surface area contributed by atoms with Crippen LogP contribution < -0.4 is 10.6 Å². The first-order valence-electron chi connectivity index (χ1n) is 6.57. The molecule has 124 valence electrons. The molecule has 9 nitrogen and oxygen atoms in total. The second kappa shape index (κ2) is 9.03. The summed E-state index contributed by atoms with van der Waals surface area (Å²) in [5.41, 5.74) is 0.763. The Bertz CT molecular complexity index is 574. The molecule has 1 rings (SSSR count).